The van der Waals surface area contributed by atoms with Crippen LogP contribution in [0.25, 0.3) is 0 Å². The minimum atomic E-state index is -3.79. The first-order chi connectivity index (χ1) is 8.99. The van der Waals surface area contributed by atoms with Crippen molar-refractivity contribution in [3.05, 3.63) is 52.8 Å². The third-order valence-corrected chi connectivity index (χ3v) is 3.99. The van der Waals surface area contributed by atoms with Crippen LogP contribution in [-0.4, -0.2) is 19.3 Å². The molecule has 6 nitrogen and oxygen atoms in total. The zero-order chi connectivity index (χ0) is 13.9. The minimum Gasteiger partial charge on any atom is -0.357 e. The summed E-state index contributed by atoms with van der Waals surface area (Å²) >= 11 is 3.18. The highest BCUT2D eigenvalue weighted by atomic mass is 79.9. The second-order valence-corrected chi connectivity index (χ2v) is 6.20. The van der Waals surface area contributed by atoms with Gasteiger partial charge in [-0.1, -0.05) is 22.0 Å². The van der Waals surface area contributed by atoms with Crippen LogP contribution < -0.4 is 10.3 Å². The Hall–Kier alpha value is -1.64. The average molecular weight is 344 g/mol. The van der Waals surface area contributed by atoms with Crippen molar-refractivity contribution in [1.29, 1.82) is 0 Å². The van der Waals surface area contributed by atoms with Crippen molar-refractivity contribution in [2.75, 3.05) is 0 Å². The molecule has 1 aromatic carbocycles. The van der Waals surface area contributed by atoms with Gasteiger partial charge in [0.2, 0.25) is 0 Å². The number of aromatic amines is 1. The zero-order valence-corrected chi connectivity index (χ0v) is 12.0. The van der Waals surface area contributed by atoms with Crippen LogP contribution in [0.2, 0.25) is 0 Å². The summed E-state index contributed by atoms with van der Waals surface area (Å²) in [5.41, 5.74) is 2.38. The van der Waals surface area contributed by atoms with Crippen LogP contribution in [-0.2, 0) is 10.0 Å². The number of carbonyl (C=O) groups is 1. The quantitative estimate of drug-likeness (QED) is 0.733. The number of rotatable bonds is 4. The number of nitrogens with one attached hydrogen (secondary N) is 3. The molecule has 0 aliphatic rings. The molecule has 0 saturated heterocycles. The van der Waals surface area contributed by atoms with Crippen LogP contribution in [0.15, 0.2) is 52.0 Å². The number of sulfonamides is 1. The lowest BCUT2D eigenvalue weighted by Gasteiger charge is -2.07. The molecular formula is C11H10BrN3O3S. The van der Waals surface area contributed by atoms with E-state index in [1.54, 1.807) is 24.4 Å². The van der Waals surface area contributed by atoms with E-state index in [4.69, 9.17) is 0 Å². The number of H-pyrrole nitrogens is 1. The number of hydrogen-bond donors (Lipinski definition) is 3. The molecule has 0 saturated carbocycles. The number of hydrazine groups is 1. The standard InChI is InChI=1S/C11H10BrN3O3S/c12-8-3-1-4-9(7-8)19(17,18)15-14-11(16)10-5-2-6-13-10/h1-7,13,15H,(H,14,16). The van der Waals surface area contributed by atoms with Crippen molar-refractivity contribution in [3.8, 4) is 0 Å². The van der Waals surface area contributed by atoms with Gasteiger partial charge in [0.05, 0.1) is 4.90 Å². The van der Waals surface area contributed by atoms with Crippen molar-refractivity contribution < 1.29 is 13.2 Å². The summed E-state index contributed by atoms with van der Waals surface area (Å²) in [6.07, 6.45) is 1.57. The highest BCUT2D eigenvalue weighted by molar-refractivity contribution is 9.10. The van der Waals surface area contributed by atoms with E-state index in [2.05, 4.69) is 26.3 Å². The lowest BCUT2D eigenvalue weighted by molar-refractivity contribution is 0.0940. The van der Waals surface area contributed by atoms with Gasteiger partial charge in [0.25, 0.3) is 15.9 Å². The van der Waals surface area contributed by atoms with Gasteiger partial charge in [-0.25, -0.2) is 8.42 Å². The van der Waals surface area contributed by atoms with E-state index < -0.39 is 15.9 Å². The molecule has 0 aliphatic carbocycles. The summed E-state index contributed by atoms with van der Waals surface area (Å²) in [4.78, 5) is 16.3. The molecule has 0 bridgehead atoms. The molecule has 2 rings (SSSR count). The Morgan fingerprint density at radius 2 is 2.00 bits per heavy atom. The summed E-state index contributed by atoms with van der Waals surface area (Å²) in [7, 11) is -3.79. The summed E-state index contributed by atoms with van der Waals surface area (Å²) in [5.74, 6) is -0.566. The molecule has 1 heterocycles. The second kappa shape index (κ2) is 5.55. The van der Waals surface area contributed by atoms with Crippen LogP contribution in [0.5, 0.6) is 0 Å². The molecule has 100 valence electrons. The maximum Gasteiger partial charge on any atom is 0.282 e. The maximum atomic E-state index is 11.9. The van der Waals surface area contributed by atoms with Gasteiger partial charge < -0.3 is 4.98 Å². The zero-order valence-electron chi connectivity index (χ0n) is 9.55. The van der Waals surface area contributed by atoms with E-state index in [-0.39, 0.29) is 10.6 Å². The number of benzene rings is 1. The number of amides is 1. The molecule has 0 fully saturated rings. The van der Waals surface area contributed by atoms with Crippen molar-refractivity contribution >= 4 is 31.9 Å². The van der Waals surface area contributed by atoms with E-state index in [9.17, 15) is 13.2 Å². The summed E-state index contributed by atoms with van der Waals surface area (Å²) < 4.78 is 24.4. The summed E-state index contributed by atoms with van der Waals surface area (Å²) in [6.45, 7) is 0. The van der Waals surface area contributed by atoms with Gasteiger partial charge in [-0.05, 0) is 30.3 Å². The topological polar surface area (TPSA) is 91.1 Å². The predicted molar refractivity (Wildman–Crippen MR) is 72.7 cm³/mol. The van der Waals surface area contributed by atoms with Crippen LogP contribution >= 0.6 is 15.9 Å². The molecular weight excluding hydrogens is 334 g/mol. The third-order valence-electron chi connectivity index (χ3n) is 2.25. The first kappa shape index (κ1) is 13.8. The normalized spacial score (nSPS) is 11.2. The van der Waals surface area contributed by atoms with Crippen LogP contribution in [0.4, 0.5) is 0 Å². The van der Waals surface area contributed by atoms with Gasteiger partial charge in [0, 0.05) is 10.7 Å². The maximum absolute atomic E-state index is 11.9. The smallest absolute Gasteiger partial charge is 0.282 e. The summed E-state index contributed by atoms with van der Waals surface area (Å²) in [6, 6.07) is 9.32. The number of aromatic nitrogens is 1. The molecule has 0 aliphatic heterocycles. The third kappa shape index (κ3) is 3.43. The van der Waals surface area contributed by atoms with Gasteiger partial charge in [-0.3, -0.25) is 10.2 Å². The Morgan fingerprint density at radius 1 is 1.21 bits per heavy atom. The Labute approximate surface area is 118 Å². The second-order valence-electron chi connectivity index (χ2n) is 3.60. The highest BCUT2D eigenvalue weighted by Gasteiger charge is 2.16. The molecule has 3 N–H and O–H groups in total. The van der Waals surface area contributed by atoms with Crippen molar-refractivity contribution in [1.82, 2.24) is 15.2 Å². The fourth-order valence-corrected chi connectivity index (χ4v) is 2.78. The molecule has 8 heteroatoms. The Kier molecular flexibility index (Phi) is 4.03. The number of carbonyl (C=O) groups excluding carboxylic acids is 1. The molecule has 19 heavy (non-hydrogen) atoms. The van der Waals surface area contributed by atoms with Crippen LogP contribution in [0, 0.1) is 0 Å². The Bertz CT molecular complexity index is 683. The van der Waals surface area contributed by atoms with E-state index in [1.807, 2.05) is 4.83 Å². The average Bonchev–Trinajstić information content (AvgIpc) is 2.90. The molecule has 0 spiro atoms. The van der Waals surface area contributed by atoms with E-state index in [0.29, 0.717) is 4.47 Å². The lowest BCUT2D eigenvalue weighted by atomic mass is 10.4. The van der Waals surface area contributed by atoms with Crippen LogP contribution in [0.1, 0.15) is 10.5 Å². The van der Waals surface area contributed by atoms with Gasteiger partial charge >= 0.3 is 0 Å². The van der Waals surface area contributed by atoms with E-state index in [0.717, 1.165) is 0 Å². The number of halogens is 1. The SMILES string of the molecule is O=C(NNS(=O)(=O)c1cccc(Br)c1)c1ccc[nH]1. The Balaban J connectivity index is 2.08. The van der Waals surface area contributed by atoms with Gasteiger partial charge in [-0.2, -0.15) is 0 Å². The molecule has 0 atom stereocenters. The lowest BCUT2D eigenvalue weighted by Crippen LogP contribution is -2.41. The van der Waals surface area contributed by atoms with Gasteiger partial charge in [-0.15, -0.1) is 4.83 Å². The van der Waals surface area contributed by atoms with Crippen LogP contribution in [0.3, 0.4) is 0 Å². The first-order valence-electron chi connectivity index (χ1n) is 5.20. The fourth-order valence-electron chi connectivity index (χ4n) is 1.35. The van der Waals surface area contributed by atoms with Crippen molar-refractivity contribution in [3.63, 3.8) is 0 Å². The minimum absolute atomic E-state index is 0.0497. The molecule has 1 amide bonds. The molecule has 0 radical (unpaired) electrons. The largest absolute Gasteiger partial charge is 0.357 e. The highest BCUT2D eigenvalue weighted by Crippen LogP contribution is 2.15. The van der Waals surface area contributed by atoms with Crippen molar-refractivity contribution in [2.45, 2.75) is 4.90 Å². The fraction of sp³-hybridized carbons (Fsp3) is 0. The van der Waals surface area contributed by atoms with Gasteiger partial charge in [0.15, 0.2) is 0 Å². The summed E-state index contributed by atoms with van der Waals surface area (Å²) in [5, 5.41) is 0. The van der Waals surface area contributed by atoms with E-state index in [1.165, 1.54) is 18.2 Å². The first-order valence-corrected chi connectivity index (χ1v) is 7.48. The Morgan fingerprint density at radius 3 is 2.63 bits per heavy atom. The number of hydrogen-bond acceptors (Lipinski definition) is 3. The van der Waals surface area contributed by atoms with Crippen molar-refractivity contribution in [2.24, 2.45) is 0 Å². The van der Waals surface area contributed by atoms with Gasteiger partial charge in [0.1, 0.15) is 5.69 Å². The molecule has 0 unspecified atom stereocenters. The monoisotopic (exact) mass is 343 g/mol. The predicted octanol–water partition coefficient (Wildman–Crippen LogP) is 1.40. The van der Waals surface area contributed by atoms with E-state index >= 15 is 0 Å². The molecule has 2 aromatic rings. The molecule has 1 aromatic heterocycles.